The monoisotopic (exact) mass is 1190 g/mol. The van der Waals surface area contributed by atoms with Gasteiger partial charge in [-0.1, -0.05) is 245 Å². The summed E-state index contributed by atoms with van der Waals surface area (Å²) in [4.78, 5) is 51.4. The van der Waals surface area contributed by atoms with Gasteiger partial charge in [0, 0.05) is 19.3 Å². The predicted molar refractivity (Wildman–Crippen MR) is 349 cm³/mol. The number of hydrogen-bond acceptors (Lipinski definition) is 11. The molecular formula is C73H118O12. The summed E-state index contributed by atoms with van der Waals surface area (Å²) < 4.78 is 28.5. The number of aliphatic carboxylic acids is 1. The fourth-order valence-electron chi connectivity index (χ4n) is 9.40. The predicted octanol–water partition coefficient (Wildman–Crippen LogP) is 18.3. The number of allylic oxidation sites excluding steroid dienone is 20. The first-order chi connectivity index (χ1) is 41.6. The molecule has 1 heterocycles. The maximum atomic E-state index is 13.2. The minimum absolute atomic E-state index is 0.0415. The Balaban J connectivity index is 2.72. The Labute approximate surface area is 516 Å². The Kier molecular flexibility index (Phi) is 54.6. The number of aliphatic hydroxyl groups is 2. The van der Waals surface area contributed by atoms with E-state index in [4.69, 9.17) is 23.7 Å². The average molecular weight is 1190 g/mol. The molecule has 0 spiro atoms. The van der Waals surface area contributed by atoms with Crippen molar-refractivity contribution in [2.24, 2.45) is 0 Å². The second-order valence-electron chi connectivity index (χ2n) is 22.4. The molecule has 1 aliphatic rings. The van der Waals surface area contributed by atoms with Gasteiger partial charge in [0.1, 0.15) is 18.8 Å². The summed E-state index contributed by atoms with van der Waals surface area (Å²) in [5.41, 5.74) is 0. The lowest BCUT2D eigenvalue weighted by Gasteiger charge is -2.40. The van der Waals surface area contributed by atoms with Crippen molar-refractivity contribution < 1.29 is 58.2 Å². The molecule has 0 aromatic heterocycles. The number of rotatable bonds is 56. The molecule has 6 unspecified atom stereocenters. The van der Waals surface area contributed by atoms with Crippen molar-refractivity contribution >= 4 is 23.9 Å². The molecule has 0 aromatic rings. The molecule has 1 fully saturated rings. The molecule has 1 rings (SSSR count). The van der Waals surface area contributed by atoms with E-state index in [2.05, 4.69) is 130 Å². The first-order valence-corrected chi connectivity index (χ1v) is 33.5. The molecule has 12 nitrogen and oxygen atoms in total. The number of aliphatic hydroxyl groups excluding tert-OH is 2. The minimum Gasteiger partial charge on any atom is -0.479 e. The molecule has 0 amide bonds. The smallest absolute Gasteiger partial charge is 0.335 e. The third-order valence-electron chi connectivity index (χ3n) is 14.5. The molecule has 0 aromatic carbocycles. The number of carboxylic acid groups (broad SMARTS) is 1. The lowest BCUT2D eigenvalue weighted by atomic mass is 9.98. The van der Waals surface area contributed by atoms with E-state index in [0.29, 0.717) is 19.3 Å². The molecule has 0 saturated carbocycles. The standard InChI is InChI=1S/C73H118O12/c1-4-7-10-13-16-19-22-25-28-31-33-36-38-41-44-47-50-53-56-59-65(74)81-62-64(83-66(75)60-57-54-51-48-45-42-40-37-34-32-29-26-23-20-17-14-11-8-5-2)63-82-73-71(69(78)68(77)70(85-73)72(79)80)84-67(76)61-58-55-52-49-46-43-39-35-30-27-24-21-18-15-12-9-6-3/h7,10,16-17,19-20,25-30,33-34,36-37,41,44,50,53,64,68-71,73,77-78H,4-6,8-9,11-15,18,21-24,31-32,35,38-40,42-43,45-49,51-52,54-63H2,1-3H3,(H,79,80)/b10-7-,19-16-,20-17-,28-25-,29-26-,30-27-,36-33-,37-34-,44-41-,53-50-. The van der Waals surface area contributed by atoms with Crippen LogP contribution in [0.1, 0.15) is 265 Å². The van der Waals surface area contributed by atoms with Gasteiger partial charge < -0.3 is 39.0 Å². The van der Waals surface area contributed by atoms with E-state index >= 15 is 0 Å². The first kappa shape index (κ1) is 78.1. The topological polar surface area (TPSA) is 175 Å². The van der Waals surface area contributed by atoms with E-state index in [9.17, 15) is 34.5 Å². The molecule has 3 N–H and O–H groups in total. The average Bonchev–Trinajstić information content (AvgIpc) is 3.46. The van der Waals surface area contributed by atoms with Gasteiger partial charge in [-0.3, -0.25) is 14.4 Å². The highest BCUT2D eigenvalue weighted by Gasteiger charge is 2.50. The number of esters is 3. The van der Waals surface area contributed by atoms with Crippen LogP contribution in [-0.2, 0) is 42.9 Å². The number of carboxylic acids is 1. The van der Waals surface area contributed by atoms with Crippen LogP contribution >= 0.6 is 0 Å². The van der Waals surface area contributed by atoms with Gasteiger partial charge in [0.25, 0.3) is 0 Å². The summed E-state index contributed by atoms with van der Waals surface area (Å²) in [5, 5.41) is 31.6. The van der Waals surface area contributed by atoms with E-state index in [1.54, 1.807) is 0 Å². The maximum Gasteiger partial charge on any atom is 0.335 e. The van der Waals surface area contributed by atoms with Gasteiger partial charge in [-0.15, -0.1) is 0 Å². The van der Waals surface area contributed by atoms with Crippen molar-refractivity contribution in [3.8, 4) is 0 Å². The van der Waals surface area contributed by atoms with Crippen LogP contribution in [0.5, 0.6) is 0 Å². The number of hydrogen-bond donors (Lipinski definition) is 3. The lowest BCUT2D eigenvalue weighted by molar-refractivity contribution is -0.301. The zero-order valence-corrected chi connectivity index (χ0v) is 53.3. The highest BCUT2D eigenvalue weighted by Crippen LogP contribution is 2.26. The van der Waals surface area contributed by atoms with Crippen LogP contribution in [0.15, 0.2) is 122 Å². The van der Waals surface area contributed by atoms with Crippen LogP contribution in [0.25, 0.3) is 0 Å². The van der Waals surface area contributed by atoms with E-state index in [0.717, 1.165) is 128 Å². The maximum absolute atomic E-state index is 13.2. The van der Waals surface area contributed by atoms with Crippen molar-refractivity contribution in [3.05, 3.63) is 122 Å². The van der Waals surface area contributed by atoms with Crippen LogP contribution in [0.3, 0.4) is 0 Å². The molecule has 0 radical (unpaired) electrons. The van der Waals surface area contributed by atoms with Crippen molar-refractivity contribution in [2.75, 3.05) is 13.2 Å². The molecule has 482 valence electrons. The van der Waals surface area contributed by atoms with Gasteiger partial charge in [-0.25, -0.2) is 4.79 Å². The fraction of sp³-hybridized carbons (Fsp3) is 0.671. The first-order valence-electron chi connectivity index (χ1n) is 33.5. The fourth-order valence-corrected chi connectivity index (χ4v) is 9.40. The van der Waals surface area contributed by atoms with Crippen LogP contribution in [-0.4, -0.2) is 89.2 Å². The van der Waals surface area contributed by atoms with Crippen molar-refractivity contribution in [1.29, 1.82) is 0 Å². The number of ether oxygens (including phenoxy) is 5. The summed E-state index contributed by atoms with van der Waals surface area (Å²) in [6.07, 6.45) is 70.2. The third-order valence-corrected chi connectivity index (χ3v) is 14.5. The molecular weight excluding hydrogens is 1070 g/mol. The van der Waals surface area contributed by atoms with Gasteiger partial charge in [-0.2, -0.15) is 0 Å². The van der Waals surface area contributed by atoms with Gasteiger partial charge in [0.15, 0.2) is 24.6 Å². The Hall–Kier alpha value is -4.88. The highest BCUT2D eigenvalue weighted by molar-refractivity contribution is 5.74. The van der Waals surface area contributed by atoms with E-state index in [1.807, 2.05) is 12.2 Å². The second-order valence-corrected chi connectivity index (χ2v) is 22.4. The van der Waals surface area contributed by atoms with E-state index in [1.165, 1.54) is 77.0 Å². The van der Waals surface area contributed by atoms with Crippen LogP contribution in [0.4, 0.5) is 0 Å². The summed E-state index contributed by atoms with van der Waals surface area (Å²) >= 11 is 0. The quantitative estimate of drug-likeness (QED) is 0.0228. The number of carbonyl (C=O) groups is 4. The zero-order chi connectivity index (χ0) is 61.7. The number of unbranched alkanes of at least 4 members (excludes halogenated alkanes) is 22. The number of carbonyl (C=O) groups excluding carboxylic acids is 3. The van der Waals surface area contributed by atoms with Gasteiger partial charge >= 0.3 is 23.9 Å². The summed E-state index contributed by atoms with van der Waals surface area (Å²) in [6, 6.07) is 0. The van der Waals surface area contributed by atoms with Gasteiger partial charge in [0.2, 0.25) is 0 Å². The molecule has 85 heavy (non-hydrogen) atoms. The van der Waals surface area contributed by atoms with Crippen molar-refractivity contribution in [3.63, 3.8) is 0 Å². The van der Waals surface area contributed by atoms with Crippen molar-refractivity contribution in [1.82, 2.24) is 0 Å². The van der Waals surface area contributed by atoms with Crippen LogP contribution in [0, 0.1) is 0 Å². The highest BCUT2D eigenvalue weighted by atomic mass is 16.7. The molecule has 6 atom stereocenters. The Bertz CT molecular complexity index is 1940. The third kappa shape index (κ3) is 48.9. The largest absolute Gasteiger partial charge is 0.479 e. The Morgan fingerprint density at radius 2 is 0.765 bits per heavy atom. The second kappa shape index (κ2) is 59.5. The van der Waals surface area contributed by atoms with Crippen LogP contribution < -0.4 is 0 Å². The zero-order valence-electron chi connectivity index (χ0n) is 53.3. The summed E-state index contributed by atoms with van der Waals surface area (Å²) in [7, 11) is 0. The van der Waals surface area contributed by atoms with Gasteiger partial charge in [0.05, 0.1) is 6.61 Å². The van der Waals surface area contributed by atoms with E-state index in [-0.39, 0.29) is 25.9 Å². The molecule has 1 saturated heterocycles. The summed E-state index contributed by atoms with van der Waals surface area (Å²) in [5.74, 6) is -3.26. The molecule has 1 aliphatic heterocycles. The van der Waals surface area contributed by atoms with Crippen LogP contribution in [0.2, 0.25) is 0 Å². The van der Waals surface area contributed by atoms with Crippen molar-refractivity contribution in [2.45, 2.75) is 302 Å². The van der Waals surface area contributed by atoms with Gasteiger partial charge in [-0.05, 0) is 122 Å². The molecule has 0 bridgehead atoms. The Morgan fingerprint density at radius 1 is 0.400 bits per heavy atom. The Morgan fingerprint density at radius 3 is 1.21 bits per heavy atom. The van der Waals surface area contributed by atoms with E-state index < -0.39 is 67.3 Å². The molecule has 12 heteroatoms. The minimum atomic E-state index is -1.92. The lowest BCUT2D eigenvalue weighted by Crippen LogP contribution is -2.61. The SMILES string of the molecule is CC/C=C\C/C=C\C/C=C\C/C=C\C/C=C\C/C=C\CCC(=O)OCC(COC1OC(C(=O)O)C(O)C(O)C1OC(=O)CCCCCCCCC/C=C\CCCCCCCC)OC(=O)CCCCCCCC/C=C\C/C=C\C/C=C\CCCCC. The summed E-state index contributed by atoms with van der Waals surface area (Å²) in [6.45, 7) is 5.79. The molecule has 0 aliphatic carbocycles. The normalized spacial score (nSPS) is 18.2.